The molecule has 0 radical (unpaired) electrons. The van der Waals surface area contributed by atoms with E-state index in [1.54, 1.807) is 4.90 Å². The van der Waals surface area contributed by atoms with E-state index < -0.39 is 6.04 Å². The smallest absolute Gasteiger partial charge is 0.243 e. The van der Waals surface area contributed by atoms with Crippen LogP contribution < -0.4 is 5.32 Å². The second kappa shape index (κ2) is 11.6. The number of hydrogen-bond donors (Lipinski definition) is 1. The van der Waals surface area contributed by atoms with E-state index in [-0.39, 0.29) is 17.9 Å². The third-order valence-corrected chi connectivity index (χ3v) is 5.52. The van der Waals surface area contributed by atoms with E-state index >= 15 is 0 Å². The minimum Gasteiger partial charge on any atom is -0.352 e. The highest BCUT2D eigenvalue weighted by Crippen LogP contribution is 2.21. The first-order valence-corrected chi connectivity index (χ1v) is 10.7. The molecule has 2 rings (SSSR count). The minimum atomic E-state index is -0.524. The van der Waals surface area contributed by atoms with Gasteiger partial charge in [-0.25, -0.2) is 0 Å². The molecular formula is C24H31ClN2O2. The van der Waals surface area contributed by atoms with Crippen molar-refractivity contribution < 1.29 is 9.59 Å². The van der Waals surface area contributed by atoms with Crippen LogP contribution in [0.3, 0.4) is 0 Å². The number of carbonyl (C=O) groups excluding carboxylic acids is 2. The number of nitrogens with one attached hydrogen (secondary N) is 1. The van der Waals surface area contributed by atoms with Gasteiger partial charge in [-0.15, -0.1) is 0 Å². The SMILES string of the molecule is CC[C@H](C)NC(=O)[C@H](CC)N(Cc1ccccc1Cl)C(=O)CCc1ccccc1. The summed E-state index contributed by atoms with van der Waals surface area (Å²) in [6.45, 7) is 6.25. The summed E-state index contributed by atoms with van der Waals surface area (Å²) in [7, 11) is 0. The fourth-order valence-electron chi connectivity index (χ4n) is 3.21. The molecule has 29 heavy (non-hydrogen) atoms. The summed E-state index contributed by atoms with van der Waals surface area (Å²) in [5.74, 6) is -0.151. The summed E-state index contributed by atoms with van der Waals surface area (Å²) in [6, 6.07) is 16.9. The average Bonchev–Trinajstić information content (AvgIpc) is 2.73. The number of amides is 2. The van der Waals surface area contributed by atoms with E-state index in [0.29, 0.717) is 30.8 Å². The van der Waals surface area contributed by atoms with Crippen LogP contribution in [-0.2, 0) is 22.6 Å². The van der Waals surface area contributed by atoms with E-state index in [1.807, 2.05) is 75.4 Å². The molecule has 0 aliphatic heterocycles. The highest BCUT2D eigenvalue weighted by Gasteiger charge is 2.29. The Morgan fingerprint density at radius 3 is 2.28 bits per heavy atom. The van der Waals surface area contributed by atoms with Crippen molar-refractivity contribution in [3.63, 3.8) is 0 Å². The molecule has 0 spiro atoms. The maximum atomic E-state index is 13.2. The van der Waals surface area contributed by atoms with Gasteiger partial charge in [0.05, 0.1) is 0 Å². The van der Waals surface area contributed by atoms with Gasteiger partial charge in [-0.1, -0.05) is 74.0 Å². The number of halogens is 1. The Hall–Kier alpha value is -2.33. The Kier molecular flexibility index (Phi) is 9.20. The molecule has 0 saturated heterocycles. The molecule has 2 aromatic carbocycles. The number of carbonyl (C=O) groups is 2. The van der Waals surface area contributed by atoms with Crippen molar-refractivity contribution in [1.29, 1.82) is 0 Å². The number of benzene rings is 2. The highest BCUT2D eigenvalue weighted by atomic mass is 35.5. The molecule has 2 amide bonds. The van der Waals surface area contributed by atoms with Crippen molar-refractivity contribution in [3.05, 3.63) is 70.7 Å². The topological polar surface area (TPSA) is 49.4 Å². The normalized spacial score (nSPS) is 12.8. The third kappa shape index (κ3) is 6.90. The Morgan fingerprint density at radius 1 is 1.00 bits per heavy atom. The van der Waals surface area contributed by atoms with Crippen LogP contribution in [0.15, 0.2) is 54.6 Å². The van der Waals surface area contributed by atoms with Crippen molar-refractivity contribution in [1.82, 2.24) is 10.2 Å². The zero-order valence-electron chi connectivity index (χ0n) is 17.5. The van der Waals surface area contributed by atoms with Crippen molar-refractivity contribution in [2.45, 2.75) is 65.1 Å². The highest BCUT2D eigenvalue weighted by molar-refractivity contribution is 6.31. The van der Waals surface area contributed by atoms with E-state index in [9.17, 15) is 9.59 Å². The summed E-state index contributed by atoms with van der Waals surface area (Å²) in [6.07, 6.45) is 2.38. The average molecular weight is 415 g/mol. The van der Waals surface area contributed by atoms with Crippen LogP contribution in [0.25, 0.3) is 0 Å². The van der Waals surface area contributed by atoms with Gasteiger partial charge in [-0.3, -0.25) is 9.59 Å². The number of hydrogen-bond acceptors (Lipinski definition) is 2. The third-order valence-electron chi connectivity index (χ3n) is 5.16. The van der Waals surface area contributed by atoms with Gasteiger partial charge in [0.1, 0.15) is 6.04 Å². The van der Waals surface area contributed by atoms with Gasteiger partial charge < -0.3 is 10.2 Å². The second-order valence-electron chi connectivity index (χ2n) is 7.34. The second-order valence-corrected chi connectivity index (χ2v) is 7.75. The molecule has 156 valence electrons. The largest absolute Gasteiger partial charge is 0.352 e. The van der Waals surface area contributed by atoms with Crippen molar-refractivity contribution in [2.75, 3.05) is 0 Å². The van der Waals surface area contributed by atoms with Crippen LogP contribution in [0.5, 0.6) is 0 Å². The lowest BCUT2D eigenvalue weighted by Gasteiger charge is -2.31. The maximum Gasteiger partial charge on any atom is 0.243 e. The summed E-state index contributed by atoms with van der Waals surface area (Å²) in [5, 5.41) is 3.63. The fraction of sp³-hybridized carbons (Fsp3) is 0.417. The van der Waals surface area contributed by atoms with E-state index in [2.05, 4.69) is 5.32 Å². The molecule has 4 nitrogen and oxygen atoms in total. The van der Waals surface area contributed by atoms with Crippen LogP contribution in [0.4, 0.5) is 0 Å². The molecule has 2 atom stereocenters. The molecule has 0 saturated carbocycles. The van der Waals surface area contributed by atoms with Gasteiger partial charge in [-0.05, 0) is 43.4 Å². The molecule has 2 aromatic rings. The standard InChI is InChI=1S/C24H31ClN2O2/c1-4-18(3)26-24(29)22(5-2)27(17-20-13-9-10-14-21(20)25)23(28)16-15-19-11-7-6-8-12-19/h6-14,18,22H,4-5,15-17H2,1-3H3,(H,26,29)/t18-,22-/m0/s1. The number of rotatable bonds is 10. The fourth-order valence-corrected chi connectivity index (χ4v) is 3.41. The summed E-state index contributed by atoms with van der Waals surface area (Å²) in [5.41, 5.74) is 1.95. The van der Waals surface area contributed by atoms with Crippen LogP contribution in [0.1, 0.15) is 51.2 Å². The van der Waals surface area contributed by atoms with Gasteiger partial charge >= 0.3 is 0 Å². The Bertz CT molecular complexity index is 794. The van der Waals surface area contributed by atoms with Gasteiger partial charge in [0, 0.05) is 24.0 Å². The first-order chi connectivity index (χ1) is 14.0. The molecule has 0 unspecified atom stereocenters. The van der Waals surface area contributed by atoms with Gasteiger partial charge in [0.15, 0.2) is 0 Å². The van der Waals surface area contributed by atoms with Gasteiger partial charge in [0.25, 0.3) is 0 Å². The predicted octanol–water partition coefficient (Wildman–Crippen LogP) is 4.99. The molecule has 0 heterocycles. The maximum absolute atomic E-state index is 13.2. The summed E-state index contributed by atoms with van der Waals surface area (Å²) in [4.78, 5) is 27.8. The first-order valence-electron chi connectivity index (χ1n) is 10.3. The quantitative estimate of drug-likeness (QED) is 0.595. The molecule has 0 aliphatic rings. The molecule has 0 fully saturated rings. The lowest BCUT2D eigenvalue weighted by Crippen LogP contribution is -2.50. The Balaban J connectivity index is 2.22. The van der Waals surface area contributed by atoms with Crippen LogP contribution >= 0.6 is 11.6 Å². The Labute approximate surface area is 179 Å². The van der Waals surface area contributed by atoms with Gasteiger partial charge in [0.2, 0.25) is 11.8 Å². The summed E-state index contributed by atoms with van der Waals surface area (Å²) >= 11 is 6.34. The zero-order valence-corrected chi connectivity index (χ0v) is 18.3. The lowest BCUT2D eigenvalue weighted by atomic mass is 10.1. The van der Waals surface area contributed by atoms with Crippen molar-refractivity contribution >= 4 is 23.4 Å². The first kappa shape index (κ1) is 23.0. The Morgan fingerprint density at radius 2 is 1.66 bits per heavy atom. The monoisotopic (exact) mass is 414 g/mol. The van der Waals surface area contributed by atoms with Crippen LogP contribution in [0, 0.1) is 0 Å². The van der Waals surface area contributed by atoms with Crippen molar-refractivity contribution in [3.8, 4) is 0 Å². The van der Waals surface area contributed by atoms with Crippen LogP contribution in [-0.4, -0.2) is 28.8 Å². The molecule has 0 aliphatic carbocycles. The number of aryl methyl sites for hydroxylation is 1. The molecule has 1 N–H and O–H groups in total. The molecule has 0 aromatic heterocycles. The van der Waals surface area contributed by atoms with Crippen molar-refractivity contribution in [2.24, 2.45) is 0 Å². The predicted molar refractivity (Wildman–Crippen MR) is 119 cm³/mol. The molecule has 5 heteroatoms. The van der Waals surface area contributed by atoms with E-state index in [4.69, 9.17) is 11.6 Å². The summed E-state index contributed by atoms with van der Waals surface area (Å²) < 4.78 is 0. The molecular weight excluding hydrogens is 384 g/mol. The molecule has 0 bridgehead atoms. The van der Waals surface area contributed by atoms with E-state index in [1.165, 1.54) is 0 Å². The van der Waals surface area contributed by atoms with Crippen LogP contribution in [0.2, 0.25) is 5.02 Å². The van der Waals surface area contributed by atoms with E-state index in [0.717, 1.165) is 17.5 Å². The lowest BCUT2D eigenvalue weighted by molar-refractivity contribution is -0.141. The number of nitrogens with zero attached hydrogens (tertiary/aromatic N) is 1. The minimum absolute atomic E-state index is 0.0417. The van der Waals surface area contributed by atoms with Gasteiger partial charge in [-0.2, -0.15) is 0 Å². The zero-order chi connectivity index (χ0) is 21.2.